The molecule has 29 heavy (non-hydrogen) atoms. The molecule has 1 aliphatic heterocycles. The van der Waals surface area contributed by atoms with Crippen molar-refractivity contribution in [2.45, 2.75) is 65.6 Å². The maximum atomic E-state index is 12.3. The first kappa shape index (κ1) is 25.7. The molecule has 6 nitrogen and oxygen atoms in total. The lowest BCUT2D eigenvalue weighted by Gasteiger charge is -2.24. The van der Waals surface area contributed by atoms with Gasteiger partial charge in [0.1, 0.15) is 0 Å². The number of halogens is 1. The average molecular weight is 515 g/mol. The van der Waals surface area contributed by atoms with Crippen molar-refractivity contribution in [2.75, 3.05) is 26.2 Å². The van der Waals surface area contributed by atoms with Crippen molar-refractivity contribution < 1.29 is 4.79 Å². The zero-order valence-electron chi connectivity index (χ0n) is 18.3. The van der Waals surface area contributed by atoms with Crippen LogP contribution in [0.2, 0.25) is 0 Å². The van der Waals surface area contributed by atoms with Gasteiger partial charge in [-0.1, -0.05) is 26.0 Å². The zero-order valence-corrected chi connectivity index (χ0v) is 20.7. The monoisotopic (exact) mass is 515 g/mol. The molecule has 1 fully saturated rings. The number of hydrogen-bond donors (Lipinski definition) is 3. The van der Waals surface area contributed by atoms with E-state index in [0.29, 0.717) is 18.2 Å². The van der Waals surface area contributed by atoms with Crippen LogP contribution in [0.1, 0.15) is 62.9 Å². The van der Waals surface area contributed by atoms with Crippen LogP contribution < -0.4 is 16.0 Å². The Labute approximate surface area is 193 Å². The fraction of sp³-hybridized carbons (Fsp3) is 0.636. The van der Waals surface area contributed by atoms with Crippen LogP contribution in [0.4, 0.5) is 0 Å². The Morgan fingerprint density at radius 2 is 2.07 bits per heavy atom. The second-order valence-electron chi connectivity index (χ2n) is 7.48. The molecular formula is C22H38IN5O. The highest BCUT2D eigenvalue weighted by Crippen LogP contribution is 2.15. The van der Waals surface area contributed by atoms with E-state index >= 15 is 0 Å². The first-order chi connectivity index (χ1) is 13.6. The Morgan fingerprint density at radius 3 is 2.76 bits per heavy atom. The Bertz CT molecular complexity index is 652. The fourth-order valence-corrected chi connectivity index (χ4v) is 3.49. The smallest absolute Gasteiger partial charge is 0.251 e. The highest BCUT2D eigenvalue weighted by molar-refractivity contribution is 14.0. The van der Waals surface area contributed by atoms with E-state index in [4.69, 9.17) is 4.99 Å². The van der Waals surface area contributed by atoms with Crippen molar-refractivity contribution in [3.05, 3.63) is 35.4 Å². The summed E-state index contributed by atoms with van der Waals surface area (Å²) >= 11 is 0. The predicted octanol–water partition coefficient (Wildman–Crippen LogP) is 3.37. The van der Waals surface area contributed by atoms with Crippen molar-refractivity contribution in [1.82, 2.24) is 20.9 Å². The van der Waals surface area contributed by atoms with E-state index in [1.54, 1.807) is 0 Å². The molecule has 2 atom stereocenters. The minimum absolute atomic E-state index is 0. The molecular weight excluding hydrogens is 477 g/mol. The summed E-state index contributed by atoms with van der Waals surface area (Å²) in [4.78, 5) is 19.6. The largest absolute Gasteiger partial charge is 0.357 e. The first-order valence-electron chi connectivity index (χ1n) is 10.7. The molecule has 1 aliphatic rings. The third-order valence-electron chi connectivity index (χ3n) is 5.35. The number of nitrogens with zero attached hydrogens (tertiary/aromatic N) is 2. The van der Waals surface area contributed by atoms with Crippen molar-refractivity contribution in [3.63, 3.8) is 0 Å². The van der Waals surface area contributed by atoms with Crippen molar-refractivity contribution in [2.24, 2.45) is 4.99 Å². The summed E-state index contributed by atoms with van der Waals surface area (Å²) in [5, 5.41) is 9.82. The van der Waals surface area contributed by atoms with Crippen LogP contribution >= 0.6 is 24.0 Å². The lowest BCUT2D eigenvalue weighted by molar-refractivity contribution is 0.0939. The van der Waals surface area contributed by atoms with Gasteiger partial charge in [0.05, 0.1) is 6.54 Å². The number of likely N-dealkylation sites (tertiary alicyclic amines) is 1. The highest BCUT2D eigenvalue weighted by Gasteiger charge is 2.22. The molecule has 1 heterocycles. The molecule has 0 spiro atoms. The summed E-state index contributed by atoms with van der Waals surface area (Å²) in [5.41, 5.74) is 1.72. The van der Waals surface area contributed by atoms with Crippen LogP contribution in [0.3, 0.4) is 0 Å². The Balaban J connectivity index is 0.00000420. The molecule has 0 saturated carbocycles. The average Bonchev–Trinajstić information content (AvgIpc) is 3.17. The van der Waals surface area contributed by atoms with Crippen LogP contribution in [-0.4, -0.2) is 55.0 Å². The van der Waals surface area contributed by atoms with Gasteiger partial charge in [0.2, 0.25) is 0 Å². The summed E-state index contributed by atoms with van der Waals surface area (Å²) in [7, 11) is 0. The van der Waals surface area contributed by atoms with Crippen LogP contribution in [-0.2, 0) is 6.54 Å². The molecule has 1 aromatic rings. The minimum atomic E-state index is -0.0221. The number of likely N-dealkylation sites (N-methyl/N-ethyl adjacent to an activating group) is 1. The molecule has 164 valence electrons. The van der Waals surface area contributed by atoms with Gasteiger partial charge in [0.15, 0.2) is 5.96 Å². The number of aliphatic imine (C=N–C) groups is 1. The molecule has 0 aliphatic carbocycles. The standard InChI is InChI=1S/C22H37N5O.HI/c1-5-17(4)26-21(28)19-11-8-10-18(14-19)15-24-22(23-6-2)25-16-20-12-9-13-27(20)7-3;/h8,10-11,14,17,20H,5-7,9,12-13,15-16H2,1-4H3,(H,26,28)(H2,23,24,25);1H. The van der Waals surface area contributed by atoms with E-state index in [0.717, 1.165) is 37.6 Å². The van der Waals surface area contributed by atoms with E-state index in [9.17, 15) is 4.79 Å². The van der Waals surface area contributed by atoms with Crippen LogP contribution in [0.5, 0.6) is 0 Å². The van der Waals surface area contributed by atoms with E-state index < -0.39 is 0 Å². The van der Waals surface area contributed by atoms with E-state index in [1.165, 1.54) is 19.4 Å². The number of guanidine groups is 1. The molecule has 0 radical (unpaired) electrons. The molecule has 2 unspecified atom stereocenters. The number of rotatable bonds is 9. The number of carbonyl (C=O) groups excluding carboxylic acids is 1. The van der Waals surface area contributed by atoms with Crippen LogP contribution in [0.25, 0.3) is 0 Å². The second-order valence-corrected chi connectivity index (χ2v) is 7.48. The normalized spacial score (nSPS) is 18.1. The van der Waals surface area contributed by atoms with Gasteiger partial charge >= 0.3 is 0 Å². The van der Waals surface area contributed by atoms with Gasteiger partial charge in [-0.2, -0.15) is 0 Å². The molecule has 1 aromatic carbocycles. The number of amides is 1. The number of hydrogen-bond acceptors (Lipinski definition) is 3. The van der Waals surface area contributed by atoms with E-state index in [1.807, 2.05) is 31.2 Å². The summed E-state index contributed by atoms with van der Waals surface area (Å²) in [5.74, 6) is 0.811. The van der Waals surface area contributed by atoms with Gasteiger partial charge in [0.25, 0.3) is 5.91 Å². The highest BCUT2D eigenvalue weighted by atomic mass is 127. The topological polar surface area (TPSA) is 68.8 Å². The maximum Gasteiger partial charge on any atom is 0.251 e. The van der Waals surface area contributed by atoms with Gasteiger partial charge in [-0.25, -0.2) is 4.99 Å². The number of carbonyl (C=O) groups is 1. The van der Waals surface area contributed by atoms with Crippen molar-refractivity contribution in [1.29, 1.82) is 0 Å². The lowest BCUT2D eigenvalue weighted by atomic mass is 10.1. The fourth-order valence-electron chi connectivity index (χ4n) is 3.49. The van der Waals surface area contributed by atoms with Crippen LogP contribution in [0.15, 0.2) is 29.3 Å². The number of nitrogens with one attached hydrogen (secondary N) is 3. The van der Waals surface area contributed by atoms with Crippen molar-refractivity contribution in [3.8, 4) is 0 Å². The van der Waals surface area contributed by atoms with Crippen molar-refractivity contribution >= 4 is 35.8 Å². The summed E-state index contributed by atoms with van der Waals surface area (Å²) in [6.07, 6.45) is 3.44. The molecule has 1 amide bonds. The molecule has 3 N–H and O–H groups in total. The van der Waals surface area contributed by atoms with Gasteiger partial charge in [-0.3, -0.25) is 9.69 Å². The van der Waals surface area contributed by atoms with Gasteiger partial charge in [-0.05, 0) is 63.9 Å². The third kappa shape index (κ3) is 8.50. The van der Waals surface area contributed by atoms with Crippen LogP contribution in [0, 0.1) is 0 Å². The second kappa shape index (κ2) is 13.8. The van der Waals surface area contributed by atoms with Gasteiger partial charge < -0.3 is 16.0 Å². The molecule has 1 saturated heterocycles. The zero-order chi connectivity index (χ0) is 20.4. The number of benzene rings is 1. The van der Waals surface area contributed by atoms with Gasteiger partial charge in [0, 0.05) is 30.7 Å². The van der Waals surface area contributed by atoms with E-state index in [-0.39, 0.29) is 35.9 Å². The summed E-state index contributed by atoms with van der Waals surface area (Å²) < 4.78 is 0. The first-order valence-corrected chi connectivity index (χ1v) is 10.7. The Morgan fingerprint density at radius 1 is 1.28 bits per heavy atom. The summed E-state index contributed by atoms with van der Waals surface area (Å²) in [6.45, 7) is 13.0. The predicted molar refractivity (Wildman–Crippen MR) is 132 cm³/mol. The Hall–Kier alpha value is -1.35. The SMILES string of the molecule is CCNC(=NCc1cccc(C(=O)NC(C)CC)c1)NCC1CCCN1CC.I. The Kier molecular flexibility index (Phi) is 12.2. The molecule has 7 heteroatoms. The minimum Gasteiger partial charge on any atom is -0.357 e. The van der Waals surface area contributed by atoms with Gasteiger partial charge in [-0.15, -0.1) is 24.0 Å². The third-order valence-corrected chi connectivity index (χ3v) is 5.35. The lowest BCUT2D eigenvalue weighted by Crippen LogP contribution is -2.44. The quantitative estimate of drug-likeness (QED) is 0.268. The molecule has 0 aromatic heterocycles. The van der Waals surface area contributed by atoms with E-state index in [2.05, 4.69) is 41.6 Å². The molecule has 2 rings (SSSR count). The summed E-state index contributed by atoms with van der Waals surface area (Å²) in [6, 6.07) is 8.49. The molecule has 0 bridgehead atoms. The maximum absolute atomic E-state index is 12.3.